The summed E-state index contributed by atoms with van der Waals surface area (Å²) in [6, 6.07) is 1.67. The number of pyridine rings is 1. The predicted molar refractivity (Wildman–Crippen MR) is 64.5 cm³/mol. The van der Waals surface area contributed by atoms with E-state index in [4.69, 9.17) is 23.2 Å². The van der Waals surface area contributed by atoms with Gasteiger partial charge in [-0.05, 0) is 20.2 Å². The van der Waals surface area contributed by atoms with Crippen molar-refractivity contribution in [2.75, 3.05) is 27.2 Å². The van der Waals surface area contributed by atoms with Gasteiger partial charge in [-0.15, -0.1) is 0 Å². The van der Waals surface area contributed by atoms with Crippen LogP contribution in [0.2, 0.25) is 10.2 Å². The molecule has 0 aromatic carbocycles. The van der Waals surface area contributed by atoms with Crippen LogP contribution in [0.5, 0.6) is 0 Å². The van der Waals surface area contributed by atoms with Gasteiger partial charge in [0.25, 0.3) is 0 Å². The van der Waals surface area contributed by atoms with Crippen molar-refractivity contribution in [3.8, 4) is 0 Å². The lowest BCUT2D eigenvalue weighted by Gasteiger charge is -2.16. The van der Waals surface area contributed by atoms with E-state index in [-0.39, 0.29) is 0 Å². The molecule has 0 radical (unpaired) electrons. The van der Waals surface area contributed by atoms with Gasteiger partial charge in [-0.3, -0.25) is 0 Å². The molecule has 5 heteroatoms. The first kappa shape index (κ1) is 12.7. The van der Waals surface area contributed by atoms with Crippen molar-refractivity contribution in [1.29, 1.82) is 0 Å². The summed E-state index contributed by atoms with van der Waals surface area (Å²) in [6.07, 6.45) is 1.72. The van der Waals surface area contributed by atoms with E-state index in [2.05, 4.69) is 15.2 Å². The van der Waals surface area contributed by atoms with Gasteiger partial charge in [0.15, 0.2) is 0 Å². The third-order valence-electron chi connectivity index (χ3n) is 2.08. The van der Waals surface area contributed by atoms with E-state index < -0.39 is 0 Å². The van der Waals surface area contributed by atoms with Gasteiger partial charge in [0, 0.05) is 36.4 Å². The Hall–Kier alpha value is -0.350. The maximum atomic E-state index is 6.04. The fraction of sp³-hybridized carbons (Fsp3) is 0.500. The Morgan fingerprint density at radius 3 is 2.80 bits per heavy atom. The number of halogens is 2. The lowest BCUT2D eigenvalue weighted by molar-refractivity contribution is 0.328. The third-order valence-corrected chi connectivity index (χ3v) is 2.64. The molecule has 0 aliphatic rings. The molecule has 3 nitrogen and oxygen atoms in total. The SMILES string of the molecule is CNCCN(C)Cc1cnc(Cl)cc1Cl. The second kappa shape index (κ2) is 6.28. The summed E-state index contributed by atoms with van der Waals surface area (Å²) >= 11 is 11.8. The van der Waals surface area contributed by atoms with Crippen molar-refractivity contribution in [2.24, 2.45) is 0 Å². The van der Waals surface area contributed by atoms with Gasteiger partial charge in [-0.25, -0.2) is 4.98 Å². The molecule has 0 unspecified atom stereocenters. The van der Waals surface area contributed by atoms with Crippen LogP contribution in [0.1, 0.15) is 5.56 Å². The van der Waals surface area contributed by atoms with Crippen molar-refractivity contribution in [3.63, 3.8) is 0 Å². The smallest absolute Gasteiger partial charge is 0.130 e. The van der Waals surface area contributed by atoms with Crippen LogP contribution in [0, 0.1) is 0 Å². The Labute approximate surface area is 100 Å². The van der Waals surface area contributed by atoms with Crippen LogP contribution in [0.15, 0.2) is 12.3 Å². The molecule has 1 N–H and O–H groups in total. The molecule has 1 rings (SSSR count). The van der Waals surface area contributed by atoms with Crippen LogP contribution >= 0.6 is 23.2 Å². The van der Waals surface area contributed by atoms with Crippen LogP contribution in [-0.2, 0) is 6.54 Å². The highest BCUT2D eigenvalue weighted by molar-refractivity contribution is 6.34. The summed E-state index contributed by atoms with van der Waals surface area (Å²) in [5, 5.41) is 4.20. The van der Waals surface area contributed by atoms with Crippen LogP contribution < -0.4 is 5.32 Å². The quantitative estimate of drug-likeness (QED) is 0.808. The summed E-state index contributed by atoms with van der Waals surface area (Å²) in [4.78, 5) is 6.19. The first-order valence-corrected chi connectivity index (χ1v) is 5.52. The normalized spacial score (nSPS) is 11.0. The number of nitrogens with zero attached hydrogens (tertiary/aromatic N) is 2. The number of nitrogens with one attached hydrogen (secondary N) is 1. The van der Waals surface area contributed by atoms with E-state index in [1.54, 1.807) is 12.3 Å². The van der Waals surface area contributed by atoms with Gasteiger partial charge in [0.05, 0.1) is 0 Å². The minimum atomic E-state index is 0.432. The molecule has 0 saturated carbocycles. The fourth-order valence-corrected chi connectivity index (χ4v) is 1.65. The Kier molecular flexibility index (Phi) is 5.32. The minimum absolute atomic E-state index is 0.432. The van der Waals surface area contributed by atoms with Crippen molar-refractivity contribution in [2.45, 2.75) is 6.54 Å². The zero-order valence-electron chi connectivity index (χ0n) is 8.93. The summed E-state index contributed by atoms with van der Waals surface area (Å²) in [5.41, 5.74) is 1.000. The van der Waals surface area contributed by atoms with Crippen LogP contribution in [0.4, 0.5) is 0 Å². The minimum Gasteiger partial charge on any atom is -0.318 e. The number of rotatable bonds is 5. The molecule has 1 aromatic heterocycles. The highest BCUT2D eigenvalue weighted by Crippen LogP contribution is 2.19. The second-order valence-corrected chi connectivity index (χ2v) is 4.23. The fourth-order valence-electron chi connectivity index (χ4n) is 1.22. The summed E-state index contributed by atoms with van der Waals surface area (Å²) < 4.78 is 0. The van der Waals surface area contributed by atoms with Crippen molar-refractivity contribution in [3.05, 3.63) is 28.0 Å². The zero-order chi connectivity index (χ0) is 11.3. The highest BCUT2D eigenvalue weighted by atomic mass is 35.5. The van der Waals surface area contributed by atoms with Crippen LogP contribution in [0.25, 0.3) is 0 Å². The molecule has 0 amide bonds. The molecule has 15 heavy (non-hydrogen) atoms. The summed E-state index contributed by atoms with van der Waals surface area (Å²) in [6.45, 7) is 2.70. The molecule has 0 bridgehead atoms. The molecular formula is C10H15Cl2N3. The summed E-state index contributed by atoms with van der Waals surface area (Å²) in [5.74, 6) is 0. The van der Waals surface area contributed by atoms with E-state index in [1.807, 2.05) is 14.1 Å². The van der Waals surface area contributed by atoms with Gasteiger partial charge >= 0.3 is 0 Å². The molecule has 0 aliphatic heterocycles. The van der Waals surface area contributed by atoms with Crippen molar-refractivity contribution < 1.29 is 0 Å². The maximum Gasteiger partial charge on any atom is 0.130 e. The largest absolute Gasteiger partial charge is 0.318 e. The van der Waals surface area contributed by atoms with E-state index in [9.17, 15) is 0 Å². The lowest BCUT2D eigenvalue weighted by Crippen LogP contribution is -2.27. The van der Waals surface area contributed by atoms with Gasteiger partial charge in [0.2, 0.25) is 0 Å². The lowest BCUT2D eigenvalue weighted by atomic mass is 10.2. The van der Waals surface area contributed by atoms with Crippen molar-refractivity contribution in [1.82, 2.24) is 15.2 Å². The number of aromatic nitrogens is 1. The second-order valence-electron chi connectivity index (χ2n) is 3.44. The standard InChI is InChI=1S/C10H15Cl2N3/c1-13-3-4-15(2)7-8-6-14-10(12)5-9(8)11/h5-6,13H,3-4,7H2,1-2H3. The van der Waals surface area contributed by atoms with Gasteiger partial charge in [-0.2, -0.15) is 0 Å². The molecule has 0 fully saturated rings. The Bertz CT molecular complexity index is 318. The van der Waals surface area contributed by atoms with Gasteiger partial charge in [-0.1, -0.05) is 23.2 Å². The van der Waals surface area contributed by atoms with Gasteiger partial charge in [0.1, 0.15) is 5.15 Å². The van der Waals surface area contributed by atoms with Crippen LogP contribution in [-0.4, -0.2) is 37.1 Å². The van der Waals surface area contributed by atoms with E-state index in [1.165, 1.54) is 0 Å². The first-order chi connectivity index (χ1) is 7.13. The average Bonchev–Trinajstić information content (AvgIpc) is 2.19. The first-order valence-electron chi connectivity index (χ1n) is 4.76. The van der Waals surface area contributed by atoms with Gasteiger partial charge < -0.3 is 10.2 Å². The zero-order valence-corrected chi connectivity index (χ0v) is 10.4. The molecule has 0 saturated heterocycles. The van der Waals surface area contributed by atoms with E-state index in [0.717, 1.165) is 25.2 Å². The monoisotopic (exact) mass is 247 g/mol. The van der Waals surface area contributed by atoms with Crippen molar-refractivity contribution >= 4 is 23.2 Å². The molecule has 1 aromatic rings. The highest BCUT2D eigenvalue weighted by Gasteiger charge is 2.05. The Balaban J connectivity index is 2.56. The average molecular weight is 248 g/mol. The summed E-state index contributed by atoms with van der Waals surface area (Å²) in [7, 11) is 3.98. The Morgan fingerprint density at radius 1 is 1.47 bits per heavy atom. The maximum absolute atomic E-state index is 6.04. The number of likely N-dealkylation sites (N-methyl/N-ethyl adjacent to an activating group) is 2. The van der Waals surface area contributed by atoms with Crippen LogP contribution in [0.3, 0.4) is 0 Å². The topological polar surface area (TPSA) is 28.2 Å². The molecular weight excluding hydrogens is 233 g/mol. The third kappa shape index (κ3) is 4.34. The molecule has 84 valence electrons. The molecule has 0 spiro atoms. The molecule has 1 heterocycles. The van der Waals surface area contributed by atoms with E-state index in [0.29, 0.717) is 10.2 Å². The number of hydrogen-bond acceptors (Lipinski definition) is 3. The van der Waals surface area contributed by atoms with E-state index >= 15 is 0 Å². The molecule has 0 atom stereocenters. The molecule has 0 aliphatic carbocycles. The Morgan fingerprint density at radius 2 is 2.20 bits per heavy atom. The predicted octanol–water partition coefficient (Wildman–Crippen LogP) is 2.04. The number of hydrogen-bond donors (Lipinski definition) is 1.